The Bertz CT molecular complexity index is 579. The molecule has 124 valence electrons. The van der Waals surface area contributed by atoms with Crippen molar-refractivity contribution in [3.63, 3.8) is 0 Å². The lowest BCUT2D eigenvalue weighted by Crippen LogP contribution is -2.47. The summed E-state index contributed by atoms with van der Waals surface area (Å²) in [4.78, 5) is 6.75. The summed E-state index contributed by atoms with van der Waals surface area (Å²) in [5.74, 6) is 0. The number of nitrogens with zero attached hydrogens (tertiary/aromatic N) is 2. The molecule has 0 saturated carbocycles. The lowest BCUT2D eigenvalue weighted by molar-refractivity contribution is 0.135. The van der Waals surface area contributed by atoms with Gasteiger partial charge in [-0.2, -0.15) is 0 Å². The first-order chi connectivity index (χ1) is 11.1. The first-order valence-electron chi connectivity index (χ1n) is 8.67. The van der Waals surface area contributed by atoms with Crippen LogP contribution in [0.2, 0.25) is 0 Å². The molecule has 1 aliphatic rings. The number of hydrogen-bond acceptors (Lipinski definition) is 3. The third-order valence-electron chi connectivity index (χ3n) is 5.19. The monoisotopic (exact) mass is 328 g/mol. The molecule has 0 amide bonds. The summed E-state index contributed by atoms with van der Waals surface area (Å²) in [5, 5.41) is 2.19. The quantitative estimate of drug-likeness (QED) is 0.781. The van der Waals surface area contributed by atoms with Crippen molar-refractivity contribution in [1.82, 2.24) is 9.80 Å². The van der Waals surface area contributed by atoms with Crippen molar-refractivity contribution in [2.24, 2.45) is 0 Å². The third kappa shape index (κ3) is 4.03. The lowest BCUT2D eigenvalue weighted by Gasteiger charge is -2.35. The second-order valence-electron chi connectivity index (χ2n) is 6.92. The van der Waals surface area contributed by atoms with E-state index in [1.165, 1.54) is 23.4 Å². The van der Waals surface area contributed by atoms with Crippen LogP contribution in [0.25, 0.3) is 0 Å². The highest BCUT2D eigenvalue weighted by atomic mass is 32.1. The summed E-state index contributed by atoms with van der Waals surface area (Å²) >= 11 is 1.88. The van der Waals surface area contributed by atoms with Crippen LogP contribution in [0.1, 0.15) is 30.7 Å². The second kappa shape index (κ2) is 7.61. The Kier molecular flexibility index (Phi) is 5.52. The van der Waals surface area contributed by atoms with E-state index in [9.17, 15) is 0 Å². The van der Waals surface area contributed by atoms with Gasteiger partial charge in [0, 0.05) is 36.1 Å². The van der Waals surface area contributed by atoms with Crippen LogP contribution < -0.4 is 0 Å². The molecular weight excluding hydrogens is 300 g/mol. The van der Waals surface area contributed by atoms with Crippen molar-refractivity contribution in [3.8, 4) is 0 Å². The predicted octanol–water partition coefficient (Wildman–Crippen LogP) is 4.27. The Balaban J connectivity index is 1.78. The van der Waals surface area contributed by atoms with Gasteiger partial charge in [0.15, 0.2) is 0 Å². The number of thiophene rings is 1. The highest BCUT2D eigenvalue weighted by molar-refractivity contribution is 7.09. The van der Waals surface area contributed by atoms with E-state index in [0.717, 1.165) is 13.0 Å². The van der Waals surface area contributed by atoms with Crippen molar-refractivity contribution < 1.29 is 0 Å². The van der Waals surface area contributed by atoms with E-state index in [2.05, 4.69) is 78.5 Å². The molecule has 0 radical (unpaired) electrons. The normalized spacial score (nSPS) is 22.3. The average Bonchev–Trinajstić information content (AvgIpc) is 3.19. The number of hydrogen-bond donors (Lipinski definition) is 0. The van der Waals surface area contributed by atoms with Crippen molar-refractivity contribution in [2.75, 3.05) is 13.6 Å². The molecule has 2 heterocycles. The zero-order valence-electron chi connectivity index (χ0n) is 14.5. The Labute approximate surface area is 144 Å². The highest BCUT2D eigenvalue weighted by Crippen LogP contribution is 2.29. The molecule has 0 bridgehead atoms. The molecule has 23 heavy (non-hydrogen) atoms. The summed E-state index contributed by atoms with van der Waals surface area (Å²) in [5.41, 5.74) is 1.46. The van der Waals surface area contributed by atoms with Gasteiger partial charge in [-0.05, 0) is 50.7 Å². The van der Waals surface area contributed by atoms with Crippen LogP contribution in [0.15, 0.2) is 47.8 Å². The first-order valence-corrected chi connectivity index (χ1v) is 9.55. The van der Waals surface area contributed by atoms with E-state index in [1.807, 2.05) is 11.3 Å². The van der Waals surface area contributed by atoms with E-state index in [0.29, 0.717) is 18.1 Å². The molecule has 0 unspecified atom stereocenters. The number of likely N-dealkylation sites (N-methyl/N-ethyl adjacent to an activating group) is 1. The molecule has 0 aliphatic carbocycles. The Hall–Kier alpha value is -1.16. The molecule has 1 aromatic carbocycles. The van der Waals surface area contributed by atoms with Crippen LogP contribution in [0.3, 0.4) is 0 Å². The number of likely N-dealkylation sites (tertiary alicyclic amines) is 1. The molecule has 1 aliphatic heterocycles. The predicted molar refractivity (Wildman–Crippen MR) is 100.0 cm³/mol. The second-order valence-corrected chi connectivity index (χ2v) is 7.95. The lowest BCUT2D eigenvalue weighted by atomic mass is 9.98. The minimum atomic E-state index is 0.597. The summed E-state index contributed by atoms with van der Waals surface area (Å²) in [6.45, 7) is 6.91. The molecule has 0 spiro atoms. The molecule has 1 aromatic heterocycles. The molecular formula is C20H28N2S. The largest absolute Gasteiger partial charge is 0.299 e. The van der Waals surface area contributed by atoms with Crippen molar-refractivity contribution in [1.29, 1.82) is 0 Å². The number of benzene rings is 1. The first kappa shape index (κ1) is 16.7. The highest BCUT2D eigenvalue weighted by Gasteiger charge is 2.37. The summed E-state index contributed by atoms with van der Waals surface area (Å²) in [6, 6.07) is 17.3. The minimum absolute atomic E-state index is 0.597. The van der Waals surface area contributed by atoms with Gasteiger partial charge in [-0.1, -0.05) is 36.4 Å². The zero-order chi connectivity index (χ0) is 16.2. The van der Waals surface area contributed by atoms with Crippen molar-refractivity contribution in [3.05, 3.63) is 58.3 Å². The Morgan fingerprint density at radius 1 is 1.17 bits per heavy atom. The minimum Gasteiger partial charge on any atom is -0.299 e. The summed E-state index contributed by atoms with van der Waals surface area (Å²) in [7, 11) is 2.29. The standard InChI is InChI=1S/C20H28N2S/c1-16(2)21(3)19-11-12-22(15-18-10-7-13-23-18)20(19)14-17-8-5-4-6-9-17/h4-10,13,16,19-20H,11-12,14-15H2,1-3H3/t19-,20+/m1/s1. The van der Waals surface area contributed by atoms with Gasteiger partial charge in [-0.25, -0.2) is 0 Å². The van der Waals surface area contributed by atoms with Crippen LogP contribution >= 0.6 is 11.3 Å². The summed E-state index contributed by atoms with van der Waals surface area (Å²) in [6.07, 6.45) is 2.42. The average molecular weight is 329 g/mol. The fraction of sp³-hybridized carbons (Fsp3) is 0.500. The van der Waals surface area contributed by atoms with Crippen LogP contribution in [0, 0.1) is 0 Å². The van der Waals surface area contributed by atoms with Crippen LogP contribution in [0.5, 0.6) is 0 Å². The maximum absolute atomic E-state index is 2.70. The molecule has 3 heteroatoms. The fourth-order valence-electron chi connectivity index (χ4n) is 3.68. The van der Waals surface area contributed by atoms with Gasteiger partial charge >= 0.3 is 0 Å². The SMILES string of the molecule is CC(C)N(C)[C@@H]1CCN(Cc2cccs2)[C@H]1Cc1ccccc1. The molecule has 3 rings (SSSR count). The van der Waals surface area contributed by atoms with Gasteiger partial charge in [-0.15, -0.1) is 11.3 Å². The Morgan fingerprint density at radius 3 is 2.61 bits per heavy atom. The van der Waals surface area contributed by atoms with E-state index in [1.54, 1.807) is 0 Å². The van der Waals surface area contributed by atoms with Crippen LogP contribution in [0.4, 0.5) is 0 Å². The zero-order valence-corrected chi connectivity index (χ0v) is 15.3. The van der Waals surface area contributed by atoms with Gasteiger partial charge < -0.3 is 0 Å². The van der Waals surface area contributed by atoms with Gasteiger partial charge in [0.2, 0.25) is 0 Å². The van der Waals surface area contributed by atoms with Gasteiger partial charge in [0.05, 0.1) is 0 Å². The van der Waals surface area contributed by atoms with Gasteiger partial charge in [0.25, 0.3) is 0 Å². The Morgan fingerprint density at radius 2 is 1.96 bits per heavy atom. The molecule has 1 saturated heterocycles. The maximum atomic E-state index is 2.70. The summed E-state index contributed by atoms with van der Waals surface area (Å²) < 4.78 is 0. The van der Waals surface area contributed by atoms with Crippen LogP contribution in [-0.2, 0) is 13.0 Å². The molecule has 1 fully saturated rings. The number of rotatable bonds is 6. The van der Waals surface area contributed by atoms with E-state index in [-0.39, 0.29) is 0 Å². The molecule has 2 aromatic rings. The van der Waals surface area contributed by atoms with Crippen molar-refractivity contribution >= 4 is 11.3 Å². The smallest absolute Gasteiger partial charge is 0.0331 e. The van der Waals surface area contributed by atoms with Gasteiger partial charge in [0.1, 0.15) is 0 Å². The fourth-order valence-corrected chi connectivity index (χ4v) is 4.41. The maximum Gasteiger partial charge on any atom is 0.0331 e. The van der Waals surface area contributed by atoms with Crippen molar-refractivity contribution in [2.45, 2.75) is 51.4 Å². The third-order valence-corrected chi connectivity index (χ3v) is 6.05. The van der Waals surface area contributed by atoms with E-state index >= 15 is 0 Å². The van der Waals surface area contributed by atoms with E-state index in [4.69, 9.17) is 0 Å². The topological polar surface area (TPSA) is 6.48 Å². The molecule has 2 atom stereocenters. The van der Waals surface area contributed by atoms with Gasteiger partial charge in [-0.3, -0.25) is 9.80 Å². The molecule has 0 N–H and O–H groups in total. The van der Waals surface area contributed by atoms with Crippen LogP contribution in [-0.4, -0.2) is 41.5 Å². The van der Waals surface area contributed by atoms with E-state index < -0.39 is 0 Å². The molecule has 2 nitrogen and oxygen atoms in total.